The Labute approximate surface area is 107 Å². The monoisotopic (exact) mass is 251 g/mol. The Morgan fingerprint density at radius 3 is 2.33 bits per heavy atom. The first-order valence-corrected chi connectivity index (χ1v) is 6.20. The van der Waals surface area contributed by atoms with Crippen LogP contribution in [-0.2, 0) is 7.05 Å². The molecule has 0 spiro atoms. The molecule has 1 saturated heterocycles. The number of hydrogen-bond acceptors (Lipinski definition) is 4. The van der Waals surface area contributed by atoms with Gasteiger partial charge in [-0.15, -0.1) is 0 Å². The molecule has 100 valence electrons. The van der Waals surface area contributed by atoms with Crippen molar-refractivity contribution in [2.75, 3.05) is 25.9 Å². The number of nitrogen functional groups attached to an aromatic ring is 1. The maximum absolute atomic E-state index is 12.5. The third-order valence-corrected chi connectivity index (χ3v) is 3.82. The summed E-state index contributed by atoms with van der Waals surface area (Å²) < 4.78 is 1.55. The second-order valence-electron chi connectivity index (χ2n) is 5.15. The maximum Gasteiger partial charge on any atom is 0.274 e. The van der Waals surface area contributed by atoms with Gasteiger partial charge in [-0.2, -0.15) is 5.10 Å². The summed E-state index contributed by atoms with van der Waals surface area (Å²) in [4.78, 5) is 16.6. The van der Waals surface area contributed by atoms with Gasteiger partial charge in [0.25, 0.3) is 5.91 Å². The summed E-state index contributed by atoms with van der Waals surface area (Å²) in [5, 5.41) is 4.02. The van der Waals surface area contributed by atoms with Crippen LogP contribution in [0.1, 0.15) is 24.3 Å². The first kappa shape index (κ1) is 12.9. The summed E-state index contributed by atoms with van der Waals surface area (Å²) in [6.07, 6.45) is 1.52. The molecule has 1 aromatic rings. The van der Waals surface area contributed by atoms with Crippen LogP contribution in [-0.4, -0.2) is 57.7 Å². The summed E-state index contributed by atoms with van der Waals surface area (Å²) in [6.45, 7) is 5.71. The first-order valence-electron chi connectivity index (χ1n) is 6.20. The molecule has 0 bridgehead atoms. The van der Waals surface area contributed by atoms with E-state index in [0.717, 1.165) is 13.1 Å². The van der Waals surface area contributed by atoms with Gasteiger partial charge in [-0.1, -0.05) is 0 Å². The van der Waals surface area contributed by atoms with E-state index in [0.29, 0.717) is 23.5 Å². The van der Waals surface area contributed by atoms with E-state index in [1.54, 1.807) is 11.7 Å². The minimum Gasteiger partial charge on any atom is -0.396 e. The number of amides is 1. The largest absolute Gasteiger partial charge is 0.396 e. The fourth-order valence-corrected chi connectivity index (χ4v) is 2.44. The molecule has 2 N–H and O–H groups in total. The maximum atomic E-state index is 12.5. The van der Waals surface area contributed by atoms with Crippen LogP contribution < -0.4 is 5.73 Å². The number of carbonyl (C=O) groups excluding carboxylic acids is 1. The quantitative estimate of drug-likeness (QED) is 0.772. The Bertz CT molecular complexity index is 424. The van der Waals surface area contributed by atoms with Gasteiger partial charge in [0, 0.05) is 32.2 Å². The van der Waals surface area contributed by atoms with Crippen molar-refractivity contribution in [3.05, 3.63) is 11.9 Å². The summed E-state index contributed by atoms with van der Waals surface area (Å²) in [7, 11) is 3.84. The van der Waals surface area contributed by atoms with E-state index < -0.39 is 0 Å². The van der Waals surface area contributed by atoms with Crippen LogP contribution in [0.15, 0.2) is 6.20 Å². The number of carbonyl (C=O) groups is 1. The third-order valence-electron chi connectivity index (χ3n) is 3.82. The zero-order chi connectivity index (χ0) is 13.4. The number of nitrogens with zero attached hydrogens (tertiary/aromatic N) is 4. The van der Waals surface area contributed by atoms with Gasteiger partial charge in [-0.3, -0.25) is 14.4 Å². The van der Waals surface area contributed by atoms with Gasteiger partial charge in [0.05, 0.1) is 11.9 Å². The second-order valence-corrected chi connectivity index (χ2v) is 5.15. The number of nitrogens with two attached hydrogens (primary N) is 1. The van der Waals surface area contributed by atoms with Crippen molar-refractivity contribution in [1.29, 1.82) is 0 Å². The van der Waals surface area contributed by atoms with Gasteiger partial charge < -0.3 is 10.6 Å². The van der Waals surface area contributed by atoms with E-state index in [-0.39, 0.29) is 5.91 Å². The van der Waals surface area contributed by atoms with Crippen LogP contribution >= 0.6 is 0 Å². The molecule has 2 rings (SSSR count). The molecule has 1 aliphatic rings. The molecular formula is C12H21N5O. The second kappa shape index (κ2) is 4.61. The van der Waals surface area contributed by atoms with Crippen LogP contribution in [0.5, 0.6) is 0 Å². The van der Waals surface area contributed by atoms with Gasteiger partial charge in [0.2, 0.25) is 0 Å². The van der Waals surface area contributed by atoms with Crippen LogP contribution in [0.3, 0.4) is 0 Å². The smallest absolute Gasteiger partial charge is 0.274 e. The fraction of sp³-hybridized carbons (Fsp3) is 0.667. The van der Waals surface area contributed by atoms with E-state index in [1.165, 1.54) is 6.20 Å². The first-order chi connectivity index (χ1) is 8.41. The average Bonchev–Trinajstić information content (AvgIpc) is 2.64. The molecular weight excluding hydrogens is 230 g/mol. The van der Waals surface area contributed by atoms with Gasteiger partial charge >= 0.3 is 0 Å². The lowest BCUT2D eigenvalue weighted by molar-refractivity contribution is 0.0406. The Kier molecular flexibility index (Phi) is 3.30. The number of rotatable bonds is 1. The highest BCUT2D eigenvalue weighted by Gasteiger charge is 2.31. The normalized spacial score (nSPS) is 25.4. The fourth-order valence-electron chi connectivity index (χ4n) is 2.44. The highest BCUT2D eigenvalue weighted by Crippen LogP contribution is 2.18. The van der Waals surface area contributed by atoms with Crippen molar-refractivity contribution in [3.8, 4) is 0 Å². The molecule has 0 saturated carbocycles. The predicted molar refractivity (Wildman–Crippen MR) is 70.2 cm³/mol. The molecule has 6 heteroatoms. The summed E-state index contributed by atoms with van der Waals surface area (Å²) in [5.41, 5.74) is 6.74. The Balaban J connectivity index is 2.20. The van der Waals surface area contributed by atoms with Gasteiger partial charge in [0.15, 0.2) is 0 Å². The standard InChI is InChI=1S/C12H21N5O/c1-8-6-17(7-9(2)15(8)3)12(18)11-10(13)5-14-16(11)4/h5,8-9H,6-7,13H2,1-4H3. The molecule has 18 heavy (non-hydrogen) atoms. The van der Waals surface area contributed by atoms with Gasteiger partial charge in [0.1, 0.15) is 5.69 Å². The number of aryl methyl sites for hydroxylation is 1. The van der Waals surface area contributed by atoms with Crippen molar-refractivity contribution in [2.24, 2.45) is 7.05 Å². The lowest BCUT2D eigenvalue weighted by Crippen LogP contribution is -2.56. The highest BCUT2D eigenvalue weighted by atomic mass is 16.2. The molecule has 0 aliphatic carbocycles. The zero-order valence-corrected chi connectivity index (χ0v) is 11.4. The van der Waals surface area contributed by atoms with Crippen molar-refractivity contribution in [3.63, 3.8) is 0 Å². The van der Waals surface area contributed by atoms with Crippen LogP contribution in [0.2, 0.25) is 0 Å². The molecule has 0 aromatic carbocycles. The van der Waals surface area contributed by atoms with E-state index >= 15 is 0 Å². The molecule has 2 heterocycles. The van der Waals surface area contributed by atoms with E-state index in [4.69, 9.17) is 5.73 Å². The van der Waals surface area contributed by atoms with Crippen molar-refractivity contribution in [1.82, 2.24) is 19.6 Å². The number of hydrogen-bond donors (Lipinski definition) is 1. The van der Waals surface area contributed by atoms with Crippen LogP contribution in [0.25, 0.3) is 0 Å². The Morgan fingerprint density at radius 1 is 1.33 bits per heavy atom. The van der Waals surface area contributed by atoms with E-state index in [1.807, 2.05) is 4.90 Å². The molecule has 1 aromatic heterocycles. The van der Waals surface area contributed by atoms with Gasteiger partial charge in [-0.25, -0.2) is 0 Å². The van der Waals surface area contributed by atoms with Gasteiger partial charge in [-0.05, 0) is 20.9 Å². The molecule has 0 radical (unpaired) electrons. The van der Waals surface area contributed by atoms with E-state index in [2.05, 4.69) is 30.9 Å². The number of piperazine rings is 1. The zero-order valence-electron chi connectivity index (χ0n) is 11.4. The summed E-state index contributed by atoms with van der Waals surface area (Å²) in [5.74, 6) is -0.0284. The molecule has 6 nitrogen and oxygen atoms in total. The Morgan fingerprint density at radius 2 is 1.89 bits per heavy atom. The average molecular weight is 251 g/mol. The van der Waals surface area contributed by atoms with Crippen molar-refractivity contribution in [2.45, 2.75) is 25.9 Å². The minimum atomic E-state index is -0.0284. The topological polar surface area (TPSA) is 67.4 Å². The summed E-state index contributed by atoms with van der Waals surface area (Å²) >= 11 is 0. The third kappa shape index (κ3) is 2.08. The molecule has 2 unspecified atom stereocenters. The number of aromatic nitrogens is 2. The number of anilines is 1. The molecule has 1 fully saturated rings. The lowest BCUT2D eigenvalue weighted by Gasteiger charge is -2.42. The summed E-state index contributed by atoms with van der Waals surface area (Å²) in [6, 6.07) is 0.708. The molecule has 2 atom stereocenters. The minimum absolute atomic E-state index is 0.0284. The highest BCUT2D eigenvalue weighted by molar-refractivity contribution is 5.97. The molecule has 1 amide bonds. The van der Waals surface area contributed by atoms with Crippen LogP contribution in [0.4, 0.5) is 5.69 Å². The van der Waals surface area contributed by atoms with Crippen molar-refractivity contribution >= 4 is 11.6 Å². The molecule has 1 aliphatic heterocycles. The SMILES string of the molecule is CC1CN(C(=O)c2c(N)cnn2C)CC(C)N1C. The van der Waals surface area contributed by atoms with Crippen LogP contribution in [0, 0.1) is 0 Å². The van der Waals surface area contributed by atoms with Crippen molar-refractivity contribution < 1.29 is 4.79 Å². The number of likely N-dealkylation sites (N-methyl/N-ethyl adjacent to an activating group) is 1. The predicted octanol–water partition coefficient (Wildman–Crippen LogP) is 0.167. The lowest BCUT2D eigenvalue weighted by atomic mass is 10.1. The Hall–Kier alpha value is -1.56. The van der Waals surface area contributed by atoms with E-state index in [9.17, 15) is 4.79 Å².